The van der Waals surface area contributed by atoms with Crippen LogP contribution in [-0.4, -0.2) is 21.1 Å². The third kappa shape index (κ3) is 2.19. The van der Waals surface area contributed by atoms with Gasteiger partial charge in [-0.15, -0.1) is 10.2 Å². The largest absolute Gasteiger partial charge is 0.208 e. The quantitative estimate of drug-likeness (QED) is 0.732. The first kappa shape index (κ1) is 9.79. The molecule has 0 amide bonds. The van der Waals surface area contributed by atoms with Gasteiger partial charge in [0.15, 0.2) is 0 Å². The zero-order valence-corrected chi connectivity index (χ0v) is 8.26. The van der Waals surface area contributed by atoms with Gasteiger partial charge in [-0.05, 0) is 12.1 Å². The van der Waals surface area contributed by atoms with Crippen LogP contribution in [0.15, 0.2) is 36.0 Å². The molecule has 1 aromatic carbocycles. The molecule has 2 aromatic rings. The van der Waals surface area contributed by atoms with Gasteiger partial charge in [0.2, 0.25) is 0 Å². The average molecular weight is 225 g/mol. The van der Waals surface area contributed by atoms with Crippen LogP contribution < -0.4 is 0 Å². The summed E-state index contributed by atoms with van der Waals surface area (Å²) >= 11 is 5.80. The van der Waals surface area contributed by atoms with Gasteiger partial charge in [-0.3, -0.25) is 0 Å². The minimum atomic E-state index is -0.417. The Hall–Kier alpha value is -1.75. The molecular weight excluding hydrogens is 219 g/mol. The number of aromatic nitrogens is 3. The van der Waals surface area contributed by atoms with Crippen molar-refractivity contribution in [1.82, 2.24) is 14.9 Å². The van der Waals surface area contributed by atoms with Crippen molar-refractivity contribution in [2.75, 3.05) is 0 Å². The highest BCUT2D eigenvalue weighted by atomic mass is 35.5. The van der Waals surface area contributed by atoms with E-state index in [1.807, 2.05) is 0 Å². The van der Waals surface area contributed by atoms with Gasteiger partial charge in [0.1, 0.15) is 18.5 Å². The highest BCUT2D eigenvalue weighted by Gasteiger charge is 2.03. The van der Waals surface area contributed by atoms with Gasteiger partial charge >= 0.3 is 0 Å². The third-order valence-electron chi connectivity index (χ3n) is 1.73. The molecule has 0 spiro atoms. The molecule has 0 aliphatic carbocycles. The van der Waals surface area contributed by atoms with E-state index in [0.29, 0.717) is 5.02 Å². The minimum absolute atomic E-state index is 0.243. The molecule has 0 radical (unpaired) electrons. The molecule has 2 rings (SSSR count). The molecule has 0 saturated heterocycles. The van der Waals surface area contributed by atoms with Crippen molar-refractivity contribution in [1.29, 1.82) is 0 Å². The predicted octanol–water partition coefficient (Wildman–Crippen LogP) is 1.95. The van der Waals surface area contributed by atoms with Gasteiger partial charge < -0.3 is 0 Å². The molecule has 0 atom stereocenters. The fraction of sp³-hybridized carbons (Fsp3) is 0. The molecule has 0 fully saturated rings. The maximum absolute atomic E-state index is 13.3. The van der Waals surface area contributed by atoms with E-state index in [0.717, 1.165) is 0 Å². The van der Waals surface area contributed by atoms with Crippen LogP contribution >= 0.6 is 11.6 Å². The number of benzene rings is 1. The summed E-state index contributed by atoms with van der Waals surface area (Å²) in [4.78, 5) is 0. The summed E-state index contributed by atoms with van der Waals surface area (Å²) < 4.78 is 14.6. The molecule has 0 unspecified atom stereocenters. The van der Waals surface area contributed by atoms with Gasteiger partial charge in [-0.1, -0.05) is 17.7 Å². The molecule has 15 heavy (non-hydrogen) atoms. The van der Waals surface area contributed by atoms with Gasteiger partial charge in [0.05, 0.1) is 11.2 Å². The highest BCUT2D eigenvalue weighted by Crippen LogP contribution is 2.16. The lowest BCUT2D eigenvalue weighted by atomic mass is 10.2. The molecule has 0 bridgehead atoms. The van der Waals surface area contributed by atoms with E-state index in [1.165, 1.54) is 35.7 Å². The number of rotatable bonds is 2. The molecular formula is C9H6ClFN4. The monoisotopic (exact) mass is 224 g/mol. The zero-order valence-electron chi connectivity index (χ0n) is 7.51. The summed E-state index contributed by atoms with van der Waals surface area (Å²) in [5.74, 6) is -0.417. The van der Waals surface area contributed by atoms with Crippen LogP contribution in [0.3, 0.4) is 0 Å². The molecule has 76 valence electrons. The third-order valence-corrected chi connectivity index (χ3v) is 2.06. The van der Waals surface area contributed by atoms with E-state index < -0.39 is 5.82 Å². The summed E-state index contributed by atoms with van der Waals surface area (Å²) in [7, 11) is 0. The minimum Gasteiger partial charge on any atom is -0.208 e. The molecule has 4 nitrogen and oxygen atoms in total. The summed E-state index contributed by atoms with van der Waals surface area (Å²) in [6.07, 6.45) is 4.11. The van der Waals surface area contributed by atoms with Crippen LogP contribution in [0.5, 0.6) is 0 Å². The van der Waals surface area contributed by atoms with Crippen molar-refractivity contribution in [3.63, 3.8) is 0 Å². The Morgan fingerprint density at radius 1 is 1.33 bits per heavy atom. The van der Waals surface area contributed by atoms with E-state index in [9.17, 15) is 4.39 Å². The maximum Gasteiger partial charge on any atom is 0.141 e. The summed E-state index contributed by atoms with van der Waals surface area (Å²) in [5, 5.41) is 11.3. The van der Waals surface area contributed by atoms with E-state index in [1.54, 1.807) is 6.07 Å². The van der Waals surface area contributed by atoms with Gasteiger partial charge in [0, 0.05) is 5.56 Å². The van der Waals surface area contributed by atoms with E-state index >= 15 is 0 Å². The second-order valence-electron chi connectivity index (χ2n) is 2.72. The maximum atomic E-state index is 13.3. The van der Waals surface area contributed by atoms with Crippen LogP contribution in [0, 0.1) is 5.82 Å². The Morgan fingerprint density at radius 3 is 2.73 bits per heavy atom. The standard InChI is InChI=1S/C9H6ClFN4/c10-8-2-1-3-9(11)7(8)4-14-15-5-12-13-6-15/h1-6H. The van der Waals surface area contributed by atoms with Crippen molar-refractivity contribution >= 4 is 17.8 Å². The SMILES string of the molecule is Fc1cccc(Cl)c1C=Nn1cnnc1. The Morgan fingerprint density at radius 2 is 2.07 bits per heavy atom. The zero-order chi connectivity index (χ0) is 10.7. The van der Waals surface area contributed by atoms with Crippen LogP contribution in [0.1, 0.15) is 5.56 Å². The molecule has 0 aliphatic rings. The van der Waals surface area contributed by atoms with Crippen LogP contribution in [0.4, 0.5) is 4.39 Å². The Labute approximate surface area is 90.0 Å². The number of halogens is 2. The first-order chi connectivity index (χ1) is 7.27. The molecule has 0 saturated carbocycles. The van der Waals surface area contributed by atoms with Crippen LogP contribution in [0.2, 0.25) is 5.02 Å². The Bertz CT molecular complexity index is 461. The Kier molecular flexibility index (Phi) is 2.73. The van der Waals surface area contributed by atoms with Crippen LogP contribution in [-0.2, 0) is 0 Å². The van der Waals surface area contributed by atoms with E-state index in [4.69, 9.17) is 11.6 Å². The lowest BCUT2D eigenvalue weighted by molar-refractivity contribution is 0.625. The van der Waals surface area contributed by atoms with Crippen molar-refractivity contribution < 1.29 is 4.39 Å². The molecule has 1 heterocycles. The lowest BCUT2D eigenvalue weighted by Crippen LogP contribution is -1.92. The van der Waals surface area contributed by atoms with E-state index in [2.05, 4.69) is 15.3 Å². The Balaban J connectivity index is 2.32. The predicted molar refractivity (Wildman–Crippen MR) is 54.4 cm³/mol. The number of hydrogen-bond donors (Lipinski definition) is 0. The second-order valence-corrected chi connectivity index (χ2v) is 3.13. The first-order valence-corrected chi connectivity index (χ1v) is 4.48. The fourth-order valence-corrected chi connectivity index (χ4v) is 1.23. The summed E-state index contributed by atoms with van der Waals surface area (Å²) in [6, 6.07) is 4.45. The average Bonchev–Trinajstić information content (AvgIpc) is 2.70. The van der Waals surface area contributed by atoms with Crippen molar-refractivity contribution in [3.05, 3.63) is 47.3 Å². The van der Waals surface area contributed by atoms with Gasteiger partial charge in [-0.2, -0.15) is 5.10 Å². The fourth-order valence-electron chi connectivity index (χ4n) is 1.01. The lowest BCUT2D eigenvalue weighted by Gasteiger charge is -1.98. The summed E-state index contributed by atoms with van der Waals surface area (Å²) in [5.41, 5.74) is 0.243. The normalized spacial score (nSPS) is 11.1. The van der Waals surface area contributed by atoms with Gasteiger partial charge in [0.25, 0.3) is 0 Å². The number of hydrogen-bond acceptors (Lipinski definition) is 3. The van der Waals surface area contributed by atoms with Crippen LogP contribution in [0.25, 0.3) is 0 Å². The van der Waals surface area contributed by atoms with Crippen molar-refractivity contribution in [3.8, 4) is 0 Å². The molecule has 6 heteroatoms. The molecule has 0 aliphatic heterocycles. The highest BCUT2D eigenvalue weighted by molar-refractivity contribution is 6.33. The summed E-state index contributed by atoms with van der Waals surface area (Å²) in [6.45, 7) is 0. The molecule has 0 N–H and O–H groups in total. The second kappa shape index (κ2) is 4.18. The van der Waals surface area contributed by atoms with Crippen molar-refractivity contribution in [2.24, 2.45) is 5.10 Å². The van der Waals surface area contributed by atoms with E-state index in [-0.39, 0.29) is 5.56 Å². The van der Waals surface area contributed by atoms with Gasteiger partial charge in [-0.25, -0.2) is 9.07 Å². The number of nitrogens with zero attached hydrogens (tertiary/aromatic N) is 4. The smallest absolute Gasteiger partial charge is 0.141 e. The van der Waals surface area contributed by atoms with Crippen molar-refractivity contribution in [2.45, 2.75) is 0 Å². The molecule has 1 aromatic heterocycles. The first-order valence-electron chi connectivity index (χ1n) is 4.10. The topological polar surface area (TPSA) is 43.1 Å².